The van der Waals surface area contributed by atoms with Crippen molar-refractivity contribution in [2.24, 2.45) is 18.0 Å². The highest BCUT2D eigenvalue weighted by molar-refractivity contribution is 5.79. The van der Waals surface area contributed by atoms with Crippen LogP contribution >= 0.6 is 0 Å². The number of hydrogen-bond acceptors (Lipinski definition) is 5. The van der Waals surface area contributed by atoms with Gasteiger partial charge in [0.15, 0.2) is 5.96 Å². The molecule has 1 fully saturated rings. The van der Waals surface area contributed by atoms with Crippen LogP contribution in [0.4, 0.5) is 0 Å². The molecule has 1 saturated carbocycles. The Kier molecular flexibility index (Phi) is 6.62. The van der Waals surface area contributed by atoms with Crippen LogP contribution in [-0.2, 0) is 20.1 Å². The number of aliphatic imine (C=N–C) groups is 1. The number of rotatable bonds is 6. The maximum absolute atomic E-state index is 6.08. The summed E-state index contributed by atoms with van der Waals surface area (Å²) in [4.78, 5) is 12.8. The van der Waals surface area contributed by atoms with E-state index < -0.39 is 0 Å². The maximum atomic E-state index is 6.08. The summed E-state index contributed by atoms with van der Waals surface area (Å²) in [7, 11) is 3.61. The highest BCUT2D eigenvalue weighted by atomic mass is 16.5. The van der Waals surface area contributed by atoms with Crippen LogP contribution in [0.25, 0.3) is 0 Å². The third-order valence-corrected chi connectivity index (χ3v) is 4.95. The quantitative estimate of drug-likeness (QED) is 0.597. The van der Waals surface area contributed by atoms with E-state index >= 15 is 0 Å². The second-order valence-electron chi connectivity index (χ2n) is 7.08. The molecule has 0 saturated heterocycles. The van der Waals surface area contributed by atoms with Gasteiger partial charge >= 0.3 is 0 Å². The van der Waals surface area contributed by atoms with E-state index in [0.29, 0.717) is 24.9 Å². The van der Waals surface area contributed by atoms with Crippen molar-refractivity contribution in [3.05, 3.63) is 36.0 Å². The summed E-state index contributed by atoms with van der Waals surface area (Å²) in [6.45, 7) is 3.51. The molecule has 2 heterocycles. The smallest absolute Gasteiger partial charge is 0.213 e. The van der Waals surface area contributed by atoms with Gasteiger partial charge in [0.2, 0.25) is 5.88 Å². The normalized spacial score (nSPS) is 20.3. The van der Waals surface area contributed by atoms with Gasteiger partial charge < -0.3 is 15.4 Å². The minimum absolute atomic E-state index is 0.290. The lowest BCUT2D eigenvalue weighted by atomic mass is 9.89. The molecule has 8 nitrogen and oxygen atoms in total. The molecule has 2 aromatic heterocycles. The molecule has 0 amide bonds. The molecule has 3 rings (SSSR count). The Morgan fingerprint density at radius 3 is 2.70 bits per heavy atom. The third kappa shape index (κ3) is 5.67. The molecule has 1 aliphatic carbocycles. The Labute approximate surface area is 160 Å². The van der Waals surface area contributed by atoms with Gasteiger partial charge in [-0.25, -0.2) is 9.97 Å². The van der Waals surface area contributed by atoms with Crippen molar-refractivity contribution in [2.75, 3.05) is 7.05 Å². The van der Waals surface area contributed by atoms with E-state index in [1.54, 1.807) is 24.3 Å². The molecule has 146 valence electrons. The number of nitrogens with zero attached hydrogens (tertiary/aromatic N) is 5. The maximum Gasteiger partial charge on any atom is 0.213 e. The standard InChI is InChI=1S/C19H29N7O/c1-14-4-6-16(7-5-14)27-18-10-15(8-9-21-18)11-22-19(20-2)23-12-17-24-13-25-26(17)3/h8-10,13-14,16H,4-7,11-12H2,1-3H3,(H2,20,22,23). The van der Waals surface area contributed by atoms with Gasteiger partial charge in [-0.2, -0.15) is 5.10 Å². The van der Waals surface area contributed by atoms with Crippen LogP contribution in [0.1, 0.15) is 44.0 Å². The van der Waals surface area contributed by atoms with E-state index in [4.69, 9.17) is 4.74 Å². The summed E-state index contributed by atoms with van der Waals surface area (Å²) in [5.41, 5.74) is 1.10. The predicted molar refractivity (Wildman–Crippen MR) is 104 cm³/mol. The van der Waals surface area contributed by atoms with Crippen LogP contribution in [0.2, 0.25) is 0 Å². The van der Waals surface area contributed by atoms with Crippen molar-refractivity contribution in [3.63, 3.8) is 0 Å². The van der Waals surface area contributed by atoms with Crippen molar-refractivity contribution < 1.29 is 4.74 Å². The number of aryl methyl sites for hydroxylation is 1. The Morgan fingerprint density at radius 2 is 2.00 bits per heavy atom. The molecule has 2 N–H and O–H groups in total. The first-order chi connectivity index (χ1) is 13.1. The zero-order valence-electron chi connectivity index (χ0n) is 16.4. The lowest BCUT2D eigenvalue weighted by Crippen LogP contribution is -2.37. The molecule has 0 bridgehead atoms. The van der Waals surface area contributed by atoms with Crippen molar-refractivity contribution in [1.29, 1.82) is 0 Å². The predicted octanol–water partition coefficient (Wildman–Crippen LogP) is 2.03. The van der Waals surface area contributed by atoms with Gasteiger partial charge in [0.1, 0.15) is 18.3 Å². The topological polar surface area (TPSA) is 89.2 Å². The molecule has 1 aliphatic rings. The Bertz CT molecular complexity index is 750. The van der Waals surface area contributed by atoms with Crippen LogP contribution in [0.5, 0.6) is 5.88 Å². The van der Waals surface area contributed by atoms with Gasteiger partial charge in [-0.3, -0.25) is 9.67 Å². The molecule has 8 heteroatoms. The number of ether oxygens (including phenoxy) is 1. The minimum Gasteiger partial charge on any atom is -0.474 e. The van der Waals surface area contributed by atoms with Crippen LogP contribution in [0.3, 0.4) is 0 Å². The van der Waals surface area contributed by atoms with E-state index in [1.165, 1.54) is 12.8 Å². The highest BCUT2D eigenvalue weighted by Gasteiger charge is 2.19. The number of guanidine groups is 1. The van der Waals surface area contributed by atoms with Crippen molar-refractivity contribution in [2.45, 2.75) is 51.8 Å². The fourth-order valence-corrected chi connectivity index (χ4v) is 3.19. The number of hydrogen-bond donors (Lipinski definition) is 2. The molecular formula is C19H29N7O. The Hall–Kier alpha value is -2.64. The van der Waals surface area contributed by atoms with Gasteiger partial charge in [0.25, 0.3) is 0 Å². The average Bonchev–Trinajstić information content (AvgIpc) is 3.09. The molecule has 0 aliphatic heterocycles. The van der Waals surface area contributed by atoms with Crippen LogP contribution < -0.4 is 15.4 Å². The summed E-state index contributed by atoms with van der Waals surface area (Å²) in [6.07, 6.45) is 8.33. The zero-order valence-corrected chi connectivity index (χ0v) is 16.4. The lowest BCUT2D eigenvalue weighted by Gasteiger charge is -2.26. The average molecular weight is 371 g/mol. The lowest BCUT2D eigenvalue weighted by molar-refractivity contribution is 0.130. The number of nitrogens with one attached hydrogen (secondary N) is 2. The van der Waals surface area contributed by atoms with Crippen molar-refractivity contribution in [3.8, 4) is 5.88 Å². The van der Waals surface area contributed by atoms with Gasteiger partial charge in [-0.1, -0.05) is 6.92 Å². The molecule has 0 radical (unpaired) electrons. The van der Waals surface area contributed by atoms with Gasteiger partial charge in [-0.05, 0) is 43.2 Å². The van der Waals surface area contributed by atoms with Gasteiger partial charge in [0, 0.05) is 32.9 Å². The first-order valence-electron chi connectivity index (χ1n) is 9.53. The van der Waals surface area contributed by atoms with Crippen LogP contribution in [0, 0.1) is 5.92 Å². The minimum atomic E-state index is 0.290. The van der Waals surface area contributed by atoms with Gasteiger partial charge in [-0.15, -0.1) is 0 Å². The number of aromatic nitrogens is 4. The molecule has 27 heavy (non-hydrogen) atoms. The summed E-state index contributed by atoms with van der Waals surface area (Å²) in [5, 5.41) is 10.6. The SMILES string of the molecule is CN=C(NCc1ccnc(OC2CCC(C)CC2)c1)NCc1ncnn1C. The molecule has 2 aromatic rings. The van der Waals surface area contributed by atoms with E-state index in [0.717, 1.165) is 30.1 Å². The zero-order chi connectivity index (χ0) is 19.1. The largest absolute Gasteiger partial charge is 0.474 e. The second kappa shape index (κ2) is 9.34. The summed E-state index contributed by atoms with van der Waals surface area (Å²) in [5.74, 6) is 3.07. The fraction of sp³-hybridized carbons (Fsp3) is 0.579. The fourth-order valence-electron chi connectivity index (χ4n) is 3.19. The van der Waals surface area contributed by atoms with E-state index in [2.05, 4.69) is 37.6 Å². The highest BCUT2D eigenvalue weighted by Crippen LogP contribution is 2.26. The molecule has 0 atom stereocenters. The first kappa shape index (κ1) is 19.1. The molecular weight excluding hydrogens is 342 g/mol. The molecule has 0 unspecified atom stereocenters. The Morgan fingerprint density at radius 1 is 1.22 bits per heavy atom. The van der Waals surface area contributed by atoms with Crippen molar-refractivity contribution in [1.82, 2.24) is 30.4 Å². The summed E-state index contributed by atoms with van der Waals surface area (Å²) < 4.78 is 7.82. The van der Waals surface area contributed by atoms with Crippen LogP contribution in [0.15, 0.2) is 29.6 Å². The summed E-state index contributed by atoms with van der Waals surface area (Å²) >= 11 is 0. The summed E-state index contributed by atoms with van der Waals surface area (Å²) in [6, 6.07) is 3.99. The van der Waals surface area contributed by atoms with Gasteiger partial charge in [0.05, 0.1) is 6.54 Å². The van der Waals surface area contributed by atoms with Crippen LogP contribution in [-0.4, -0.2) is 38.9 Å². The first-order valence-corrected chi connectivity index (χ1v) is 9.53. The molecule has 0 spiro atoms. The third-order valence-electron chi connectivity index (χ3n) is 4.95. The van der Waals surface area contributed by atoms with Crippen molar-refractivity contribution >= 4 is 5.96 Å². The number of pyridine rings is 1. The second-order valence-corrected chi connectivity index (χ2v) is 7.08. The van der Waals surface area contributed by atoms with E-state index in [1.807, 2.05) is 19.2 Å². The van der Waals surface area contributed by atoms with E-state index in [-0.39, 0.29) is 6.10 Å². The monoisotopic (exact) mass is 371 g/mol. The Balaban J connectivity index is 1.49. The molecule has 0 aromatic carbocycles. The van der Waals surface area contributed by atoms with E-state index in [9.17, 15) is 0 Å².